The normalized spacial score (nSPS) is 21.3. The number of nitrogens with one attached hydrogen (secondary N) is 1. The molecule has 1 N–H and O–H groups in total. The average Bonchev–Trinajstić information content (AvgIpc) is 2.80. The summed E-state index contributed by atoms with van der Waals surface area (Å²) < 4.78 is 0. The largest absolute Gasteiger partial charge is 0.333 e. The number of rotatable bonds is 3. The van der Waals surface area contributed by atoms with Crippen molar-refractivity contribution < 1.29 is 4.79 Å². The van der Waals surface area contributed by atoms with Gasteiger partial charge < -0.3 is 10.2 Å². The van der Waals surface area contributed by atoms with Crippen LogP contribution in [0.15, 0.2) is 17.5 Å². The minimum Gasteiger partial charge on any atom is -0.333 e. The van der Waals surface area contributed by atoms with Crippen LogP contribution in [0.5, 0.6) is 0 Å². The molecule has 1 saturated carbocycles. The molecule has 3 rings (SSSR count). The van der Waals surface area contributed by atoms with E-state index in [0.29, 0.717) is 6.54 Å². The molecule has 0 unspecified atom stereocenters. The standard InChI is InChI=1S/C15H23N3OS/c19-15(16-12-14-6-2-11-20-14)18-8-3-7-17(9-10-18)13-4-1-5-13/h2,6,11,13H,1,3-5,7-10,12H2,(H,16,19). The zero-order valence-corrected chi connectivity index (χ0v) is 12.7. The van der Waals surface area contributed by atoms with Crippen molar-refractivity contribution in [3.8, 4) is 0 Å². The van der Waals surface area contributed by atoms with Gasteiger partial charge in [-0.05, 0) is 30.7 Å². The zero-order chi connectivity index (χ0) is 13.8. The van der Waals surface area contributed by atoms with E-state index < -0.39 is 0 Å². The van der Waals surface area contributed by atoms with Gasteiger partial charge in [-0.3, -0.25) is 4.90 Å². The maximum absolute atomic E-state index is 12.2. The van der Waals surface area contributed by atoms with Crippen molar-refractivity contribution in [2.75, 3.05) is 26.2 Å². The van der Waals surface area contributed by atoms with Crippen molar-refractivity contribution in [2.45, 2.75) is 38.3 Å². The number of nitrogens with zero attached hydrogens (tertiary/aromatic N) is 2. The Labute approximate surface area is 124 Å². The third-order valence-corrected chi connectivity index (χ3v) is 5.28. The Morgan fingerprint density at radius 3 is 2.85 bits per heavy atom. The van der Waals surface area contributed by atoms with E-state index >= 15 is 0 Å². The molecule has 0 radical (unpaired) electrons. The van der Waals surface area contributed by atoms with Crippen LogP contribution in [0.2, 0.25) is 0 Å². The fraction of sp³-hybridized carbons (Fsp3) is 0.667. The minimum atomic E-state index is 0.0915. The predicted molar refractivity (Wildman–Crippen MR) is 82.0 cm³/mol. The van der Waals surface area contributed by atoms with Crippen LogP contribution in [0.25, 0.3) is 0 Å². The van der Waals surface area contributed by atoms with Crippen LogP contribution >= 0.6 is 11.3 Å². The van der Waals surface area contributed by atoms with Gasteiger partial charge in [0.05, 0.1) is 6.54 Å². The van der Waals surface area contributed by atoms with Crippen molar-refractivity contribution in [3.63, 3.8) is 0 Å². The molecule has 2 aliphatic rings. The Morgan fingerprint density at radius 2 is 2.15 bits per heavy atom. The number of hydrogen-bond acceptors (Lipinski definition) is 3. The molecule has 0 aromatic carbocycles. The van der Waals surface area contributed by atoms with E-state index in [1.807, 2.05) is 16.3 Å². The number of carbonyl (C=O) groups is 1. The summed E-state index contributed by atoms with van der Waals surface area (Å²) in [6, 6.07) is 4.97. The molecule has 1 aromatic rings. The predicted octanol–water partition coefficient (Wildman–Crippen LogP) is 2.52. The second-order valence-corrected chi connectivity index (χ2v) is 6.73. The summed E-state index contributed by atoms with van der Waals surface area (Å²) in [5.41, 5.74) is 0. The SMILES string of the molecule is O=C(NCc1cccs1)N1CCCN(C2CCC2)CC1. The fourth-order valence-electron chi connectivity index (χ4n) is 2.95. The highest BCUT2D eigenvalue weighted by Crippen LogP contribution is 2.25. The van der Waals surface area contributed by atoms with Gasteiger partial charge in [0.25, 0.3) is 0 Å². The summed E-state index contributed by atoms with van der Waals surface area (Å²) in [6.45, 7) is 4.60. The van der Waals surface area contributed by atoms with Crippen LogP contribution in [-0.4, -0.2) is 48.1 Å². The van der Waals surface area contributed by atoms with E-state index in [0.717, 1.165) is 38.6 Å². The molecule has 1 aliphatic heterocycles. The molecule has 0 bridgehead atoms. The number of thiophene rings is 1. The topological polar surface area (TPSA) is 35.6 Å². The molecule has 2 fully saturated rings. The molecule has 0 atom stereocenters. The lowest BCUT2D eigenvalue weighted by atomic mass is 9.91. The Hall–Kier alpha value is -1.07. The second-order valence-electron chi connectivity index (χ2n) is 5.70. The quantitative estimate of drug-likeness (QED) is 0.929. The van der Waals surface area contributed by atoms with Gasteiger partial charge in [0, 0.05) is 37.1 Å². The maximum Gasteiger partial charge on any atom is 0.317 e. The molecule has 4 nitrogen and oxygen atoms in total. The van der Waals surface area contributed by atoms with Crippen molar-refractivity contribution in [1.82, 2.24) is 15.1 Å². The molecule has 0 spiro atoms. The zero-order valence-electron chi connectivity index (χ0n) is 11.9. The molecule has 1 aromatic heterocycles. The van der Waals surface area contributed by atoms with Crippen LogP contribution in [0.4, 0.5) is 4.79 Å². The van der Waals surface area contributed by atoms with Gasteiger partial charge >= 0.3 is 6.03 Å². The van der Waals surface area contributed by atoms with E-state index in [-0.39, 0.29) is 6.03 Å². The summed E-state index contributed by atoms with van der Waals surface area (Å²) in [4.78, 5) is 18.0. The van der Waals surface area contributed by atoms with Gasteiger partial charge in [0.1, 0.15) is 0 Å². The van der Waals surface area contributed by atoms with Crippen LogP contribution in [0, 0.1) is 0 Å². The summed E-state index contributed by atoms with van der Waals surface area (Å²) in [7, 11) is 0. The highest BCUT2D eigenvalue weighted by atomic mass is 32.1. The van der Waals surface area contributed by atoms with Crippen molar-refractivity contribution in [3.05, 3.63) is 22.4 Å². The van der Waals surface area contributed by atoms with Crippen LogP contribution < -0.4 is 5.32 Å². The number of hydrogen-bond donors (Lipinski definition) is 1. The Morgan fingerprint density at radius 1 is 1.25 bits per heavy atom. The van der Waals surface area contributed by atoms with Gasteiger partial charge in [-0.1, -0.05) is 12.5 Å². The molecular formula is C15H23N3OS. The first kappa shape index (κ1) is 13.9. The summed E-state index contributed by atoms with van der Waals surface area (Å²) in [5, 5.41) is 5.08. The van der Waals surface area contributed by atoms with Crippen molar-refractivity contribution in [1.29, 1.82) is 0 Å². The van der Waals surface area contributed by atoms with E-state index in [1.165, 1.54) is 24.1 Å². The van der Waals surface area contributed by atoms with Crippen molar-refractivity contribution >= 4 is 17.4 Å². The first-order valence-electron chi connectivity index (χ1n) is 7.62. The summed E-state index contributed by atoms with van der Waals surface area (Å²) in [5.74, 6) is 0. The van der Waals surface area contributed by atoms with Crippen molar-refractivity contribution in [2.24, 2.45) is 0 Å². The lowest BCUT2D eigenvalue weighted by Gasteiger charge is -2.36. The molecule has 2 heterocycles. The number of urea groups is 1. The Kier molecular flexibility index (Phi) is 4.58. The Bertz CT molecular complexity index is 430. The molecule has 20 heavy (non-hydrogen) atoms. The van der Waals surface area contributed by atoms with E-state index in [4.69, 9.17) is 0 Å². The van der Waals surface area contributed by atoms with E-state index in [9.17, 15) is 4.79 Å². The minimum absolute atomic E-state index is 0.0915. The van der Waals surface area contributed by atoms with Crippen LogP contribution in [0.3, 0.4) is 0 Å². The highest BCUT2D eigenvalue weighted by Gasteiger charge is 2.27. The molecule has 2 amide bonds. The van der Waals surface area contributed by atoms with Gasteiger partial charge in [0.2, 0.25) is 0 Å². The second kappa shape index (κ2) is 6.59. The summed E-state index contributed by atoms with van der Waals surface area (Å²) >= 11 is 1.69. The monoisotopic (exact) mass is 293 g/mol. The molecular weight excluding hydrogens is 270 g/mol. The molecule has 110 valence electrons. The Balaban J connectivity index is 1.45. The molecule has 1 saturated heterocycles. The van der Waals surface area contributed by atoms with Crippen LogP contribution in [0.1, 0.15) is 30.6 Å². The van der Waals surface area contributed by atoms with Gasteiger partial charge in [-0.2, -0.15) is 0 Å². The molecule has 1 aliphatic carbocycles. The number of carbonyl (C=O) groups excluding carboxylic acids is 1. The maximum atomic E-state index is 12.2. The fourth-order valence-corrected chi connectivity index (χ4v) is 3.59. The summed E-state index contributed by atoms with van der Waals surface area (Å²) in [6.07, 6.45) is 5.18. The highest BCUT2D eigenvalue weighted by molar-refractivity contribution is 7.09. The van der Waals surface area contributed by atoms with E-state index in [1.54, 1.807) is 11.3 Å². The lowest BCUT2D eigenvalue weighted by molar-refractivity contribution is 0.131. The lowest BCUT2D eigenvalue weighted by Crippen LogP contribution is -2.44. The number of amides is 2. The van der Waals surface area contributed by atoms with Gasteiger partial charge in [-0.15, -0.1) is 11.3 Å². The third-order valence-electron chi connectivity index (χ3n) is 4.40. The van der Waals surface area contributed by atoms with Gasteiger partial charge in [-0.25, -0.2) is 4.79 Å². The van der Waals surface area contributed by atoms with Crippen LogP contribution in [-0.2, 0) is 6.54 Å². The van der Waals surface area contributed by atoms with Gasteiger partial charge in [0.15, 0.2) is 0 Å². The molecule has 5 heteroatoms. The first-order valence-corrected chi connectivity index (χ1v) is 8.50. The average molecular weight is 293 g/mol. The van der Waals surface area contributed by atoms with E-state index in [2.05, 4.69) is 16.3 Å². The smallest absolute Gasteiger partial charge is 0.317 e. The first-order chi connectivity index (χ1) is 9.83. The third kappa shape index (κ3) is 3.33.